The average Bonchev–Trinajstić information content (AvgIpc) is 3.27. The first-order valence-electron chi connectivity index (χ1n) is 8.67. The van der Waals surface area contributed by atoms with Crippen LogP contribution in [0.2, 0.25) is 5.15 Å². The van der Waals surface area contributed by atoms with E-state index in [1.807, 2.05) is 11.3 Å². The van der Waals surface area contributed by atoms with Gasteiger partial charge < -0.3 is 0 Å². The normalized spacial score (nSPS) is 11.9. The monoisotopic (exact) mass is 401 g/mol. The third-order valence-electron chi connectivity index (χ3n) is 5.06. The number of fused-ring (bicyclic) bond motifs is 6. The van der Waals surface area contributed by atoms with Gasteiger partial charge in [-0.1, -0.05) is 54.1 Å². The Labute approximate surface area is 168 Å². The van der Waals surface area contributed by atoms with E-state index in [0.29, 0.717) is 5.15 Å². The van der Waals surface area contributed by atoms with E-state index < -0.39 is 0 Å². The summed E-state index contributed by atoms with van der Waals surface area (Å²) in [7, 11) is 0. The molecule has 0 spiro atoms. The lowest BCUT2D eigenvalue weighted by Crippen LogP contribution is -1.78. The van der Waals surface area contributed by atoms with Gasteiger partial charge in [0.25, 0.3) is 0 Å². The number of benzene rings is 3. The summed E-state index contributed by atoms with van der Waals surface area (Å²) in [5.74, 6) is 0. The molecule has 0 radical (unpaired) electrons. The fourth-order valence-corrected chi connectivity index (χ4v) is 6.39. The summed E-state index contributed by atoms with van der Waals surface area (Å²) in [4.78, 5) is 4.23. The minimum Gasteiger partial charge on any atom is -0.243 e. The van der Waals surface area contributed by atoms with Gasteiger partial charge in [-0.15, -0.1) is 22.7 Å². The van der Waals surface area contributed by atoms with E-state index in [1.54, 1.807) is 17.5 Å². The second-order valence-electron chi connectivity index (χ2n) is 6.57. The van der Waals surface area contributed by atoms with Crippen LogP contribution >= 0.6 is 34.3 Å². The van der Waals surface area contributed by atoms with Crippen molar-refractivity contribution in [2.75, 3.05) is 0 Å². The van der Waals surface area contributed by atoms with Gasteiger partial charge in [-0.05, 0) is 35.4 Å². The standard InChI is InChI=1S/C23H12ClNS2/c24-23-22-17(10-11-25-23)18-12-13(8-9-20(18)27-22)14-5-3-6-16-15-4-1-2-7-19(15)26-21(14)16/h1-12H. The zero-order valence-corrected chi connectivity index (χ0v) is 16.5. The van der Waals surface area contributed by atoms with Crippen molar-refractivity contribution in [2.24, 2.45) is 0 Å². The second kappa shape index (κ2) is 5.77. The van der Waals surface area contributed by atoms with Crippen molar-refractivity contribution in [2.45, 2.75) is 0 Å². The van der Waals surface area contributed by atoms with Crippen molar-refractivity contribution < 1.29 is 0 Å². The van der Waals surface area contributed by atoms with Crippen LogP contribution in [0.15, 0.2) is 72.9 Å². The molecule has 0 bridgehead atoms. The number of rotatable bonds is 1. The first-order chi connectivity index (χ1) is 13.3. The lowest BCUT2D eigenvalue weighted by molar-refractivity contribution is 1.37. The van der Waals surface area contributed by atoms with Crippen LogP contribution in [-0.4, -0.2) is 4.98 Å². The van der Waals surface area contributed by atoms with Crippen LogP contribution in [0.3, 0.4) is 0 Å². The van der Waals surface area contributed by atoms with E-state index >= 15 is 0 Å². The smallest absolute Gasteiger partial charge is 0.146 e. The van der Waals surface area contributed by atoms with Crippen molar-refractivity contribution in [3.05, 3.63) is 78.1 Å². The highest BCUT2D eigenvalue weighted by Crippen LogP contribution is 2.42. The summed E-state index contributed by atoms with van der Waals surface area (Å²) in [6.07, 6.45) is 1.79. The summed E-state index contributed by atoms with van der Waals surface area (Å²) in [6, 6.07) is 24.0. The highest BCUT2D eigenvalue weighted by atomic mass is 35.5. The number of nitrogens with zero attached hydrogens (tertiary/aromatic N) is 1. The fourth-order valence-electron chi connectivity index (χ4n) is 3.81. The fraction of sp³-hybridized carbons (Fsp3) is 0. The van der Waals surface area contributed by atoms with Gasteiger partial charge in [0.05, 0.1) is 4.70 Å². The zero-order chi connectivity index (χ0) is 18.0. The predicted octanol–water partition coefficient (Wildman–Crippen LogP) is 8.14. The van der Waals surface area contributed by atoms with Crippen LogP contribution in [0.4, 0.5) is 0 Å². The molecule has 0 fully saturated rings. The number of halogens is 1. The molecule has 3 aromatic heterocycles. The summed E-state index contributed by atoms with van der Waals surface area (Å²) < 4.78 is 4.98. The highest BCUT2D eigenvalue weighted by Gasteiger charge is 2.13. The van der Waals surface area contributed by atoms with Gasteiger partial charge in [0.15, 0.2) is 0 Å². The van der Waals surface area contributed by atoms with Crippen molar-refractivity contribution >= 4 is 74.6 Å². The molecule has 0 unspecified atom stereocenters. The Morgan fingerprint density at radius 2 is 1.44 bits per heavy atom. The summed E-state index contributed by atoms with van der Waals surface area (Å²) in [6.45, 7) is 0. The first kappa shape index (κ1) is 15.6. The lowest BCUT2D eigenvalue weighted by atomic mass is 10.0. The Morgan fingerprint density at radius 1 is 0.667 bits per heavy atom. The van der Waals surface area contributed by atoms with Crippen molar-refractivity contribution in [1.82, 2.24) is 4.98 Å². The van der Waals surface area contributed by atoms with Gasteiger partial charge in [0.2, 0.25) is 0 Å². The Morgan fingerprint density at radius 3 is 2.41 bits per heavy atom. The van der Waals surface area contributed by atoms with Gasteiger partial charge in [0, 0.05) is 41.8 Å². The van der Waals surface area contributed by atoms with E-state index in [1.165, 1.54) is 46.8 Å². The molecule has 0 N–H and O–H groups in total. The average molecular weight is 402 g/mol. The largest absolute Gasteiger partial charge is 0.243 e. The lowest BCUT2D eigenvalue weighted by Gasteiger charge is -2.04. The Balaban J connectivity index is 1.68. The number of hydrogen-bond donors (Lipinski definition) is 0. The molecule has 0 amide bonds. The van der Waals surface area contributed by atoms with Crippen LogP contribution in [0.1, 0.15) is 0 Å². The molecule has 3 aromatic carbocycles. The molecule has 3 heterocycles. The van der Waals surface area contributed by atoms with Gasteiger partial charge in [0.1, 0.15) is 5.15 Å². The van der Waals surface area contributed by atoms with E-state index in [9.17, 15) is 0 Å². The maximum atomic E-state index is 6.31. The van der Waals surface area contributed by atoms with E-state index in [2.05, 4.69) is 71.7 Å². The molecule has 0 aliphatic carbocycles. The molecular weight excluding hydrogens is 390 g/mol. The number of aromatic nitrogens is 1. The van der Waals surface area contributed by atoms with E-state index in [4.69, 9.17) is 11.6 Å². The molecular formula is C23H12ClNS2. The minimum atomic E-state index is 0.585. The molecule has 128 valence electrons. The number of hydrogen-bond acceptors (Lipinski definition) is 3. The molecule has 1 nitrogen and oxygen atoms in total. The molecule has 6 aromatic rings. The van der Waals surface area contributed by atoms with E-state index in [0.717, 1.165) is 4.70 Å². The minimum absolute atomic E-state index is 0.585. The molecule has 27 heavy (non-hydrogen) atoms. The number of pyridine rings is 1. The number of thiophene rings is 2. The molecule has 6 rings (SSSR count). The molecule has 0 aliphatic heterocycles. The van der Waals surface area contributed by atoms with Gasteiger partial charge in [-0.2, -0.15) is 0 Å². The molecule has 0 saturated heterocycles. The predicted molar refractivity (Wildman–Crippen MR) is 120 cm³/mol. The second-order valence-corrected chi connectivity index (χ2v) is 9.03. The quantitative estimate of drug-likeness (QED) is 0.253. The molecule has 0 aliphatic rings. The Bertz CT molecular complexity index is 1490. The van der Waals surface area contributed by atoms with Crippen molar-refractivity contribution in [1.29, 1.82) is 0 Å². The summed E-state index contributed by atoms with van der Waals surface area (Å²) in [5.41, 5.74) is 2.53. The molecule has 0 saturated carbocycles. The van der Waals surface area contributed by atoms with Crippen molar-refractivity contribution in [3.63, 3.8) is 0 Å². The van der Waals surface area contributed by atoms with E-state index in [-0.39, 0.29) is 0 Å². The van der Waals surface area contributed by atoms with Crippen LogP contribution in [0.5, 0.6) is 0 Å². The molecule has 4 heteroatoms. The maximum Gasteiger partial charge on any atom is 0.146 e. The highest BCUT2D eigenvalue weighted by molar-refractivity contribution is 7.26. The summed E-state index contributed by atoms with van der Waals surface area (Å²) in [5, 5.41) is 5.67. The van der Waals surface area contributed by atoms with Crippen LogP contribution in [-0.2, 0) is 0 Å². The van der Waals surface area contributed by atoms with Gasteiger partial charge in [-0.3, -0.25) is 0 Å². The third kappa shape index (κ3) is 2.26. The van der Waals surface area contributed by atoms with Crippen LogP contribution < -0.4 is 0 Å². The third-order valence-corrected chi connectivity index (χ3v) is 7.87. The molecule has 0 atom stereocenters. The Hall–Kier alpha value is -2.46. The van der Waals surface area contributed by atoms with Gasteiger partial charge >= 0.3 is 0 Å². The van der Waals surface area contributed by atoms with Gasteiger partial charge in [-0.25, -0.2) is 4.98 Å². The van der Waals surface area contributed by atoms with Crippen molar-refractivity contribution in [3.8, 4) is 11.1 Å². The first-order valence-corrected chi connectivity index (χ1v) is 10.7. The SMILES string of the molecule is Clc1nccc2c1sc1ccc(-c3cccc4c3sc3ccccc34)cc12. The topological polar surface area (TPSA) is 12.9 Å². The maximum absolute atomic E-state index is 6.31. The zero-order valence-electron chi connectivity index (χ0n) is 14.1. The summed E-state index contributed by atoms with van der Waals surface area (Å²) >= 11 is 9.89. The Kier molecular flexibility index (Phi) is 3.33. The van der Waals surface area contributed by atoms with Crippen LogP contribution in [0, 0.1) is 0 Å². The van der Waals surface area contributed by atoms with Crippen LogP contribution in [0.25, 0.3) is 51.5 Å².